The fourth-order valence-corrected chi connectivity index (χ4v) is 3.31. The summed E-state index contributed by atoms with van der Waals surface area (Å²) in [6, 6.07) is 10.5. The van der Waals surface area contributed by atoms with Gasteiger partial charge < -0.3 is 25.8 Å². The van der Waals surface area contributed by atoms with Crippen molar-refractivity contribution in [1.29, 1.82) is 0 Å². The molecule has 2 aromatic rings. The zero-order valence-electron chi connectivity index (χ0n) is 16.1. The third-order valence-electron chi connectivity index (χ3n) is 4.76. The van der Waals surface area contributed by atoms with Gasteiger partial charge in [-0.2, -0.15) is 0 Å². The highest BCUT2D eigenvalue weighted by Gasteiger charge is 2.33. The number of carbonyl (C=O) groups excluding carboxylic acids is 2. The summed E-state index contributed by atoms with van der Waals surface area (Å²) in [5, 5.41) is 17.3. The lowest BCUT2D eigenvalue weighted by molar-refractivity contribution is -0.126. The molecule has 0 unspecified atom stereocenters. The molecular weight excluding hydrogens is 396 g/mol. The van der Waals surface area contributed by atoms with Crippen LogP contribution in [-0.2, 0) is 9.53 Å². The topological polar surface area (TPSA) is 99.7 Å². The van der Waals surface area contributed by atoms with Crippen molar-refractivity contribution in [3.8, 4) is 0 Å². The number of aliphatic hydroxyl groups is 1. The molecule has 0 saturated carbocycles. The first-order valence-corrected chi connectivity index (χ1v) is 9.58. The second-order valence-electron chi connectivity index (χ2n) is 7.00. The van der Waals surface area contributed by atoms with E-state index >= 15 is 0 Å². The van der Waals surface area contributed by atoms with Crippen LogP contribution in [0.3, 0.4) is 0 Å². The number of hydrogen-bond donors (Lipinski definition) is 4. The van der Waals surface area contributed by atoms with Gasteiger partial charge in [0.25, 0.3) is 0 Å². The number of para-hydroxylation sites is 1. The number of anilines is 2. The molecule has 3 atom stereocenters. The van der Waals surface area contributed by atoms with E-state index in [-0.39, 0.29) is 24.6 Å². The van der Waals surface area contributed by atoms with E-state index in [0.717, 1.165) is 18.2 Å². The van der Waals surface area contributed by atoms with Crippen molar-refractivity contribution in [2.24, 2.45) is 0 Å². The summed E-state index contributed by atoms with van der Waals surface area (Å²) in [6.07, 6.45) is -0.0892. The largest absolute Gasteiger partial charge is 0.394 e. The van der Waals surface area contributed by atoms with Gasteiger partial charge in [0.2, 0.25) is 5.91 Å². The molecule has 3 amide bonds. The van der Waals surface area contributed by atoms with E-state index in [1.807, 2.05) is 18.2 Å². The minimum Gasteiger partial charge on any atom is -0.394 e. The van der Waals surface area contributed by atoms with Crippen LogP contribution in [-0.4, -0.2) is 41.9 Å². The van der Waals surface area contributed by atoms with Crippen LogP contribution in [0.2, 0.25) is 0 Å². The molecule has 160 valence electrons. The zero-order chi connectivity index (χ0) is 21.5. The maximum atomic E-state index is 13.7. The van der Waals surface area contributed by atoms with Crippen LogP contribution in [0.15, 0.2) is 48.5 Å². The number of benzene rings is 2. The van der Waals surface area contributed by atoms with Gasteiger partial charge in [0.05, 0.1) is 30.9 Å². The monoisotopic (exact) mass is 419 g/mol. The Morgan fingerprint density at radius 1 is 1.07 bits per heavy atom. The predicted octanol–water partition coefficient (Wildman–Crippen LogP) is 3.02. The van der Waals surface area contributed by atoms with E-state index in [1.165, 1.54) is 0 Å². The van der Waals surface area contributed by atoms with Gasteiger partial charge >= 0.3 is 6.03 Å². The first-order chi connectivity index (χ1) is 14.4. The van der Waals surface area contributed by atoms with Crippen LogP contribution < -0.4 is 16.0 Å². The first kappa shape index (κ1) is 21.7. The normalized spacial score (nSPS) is 21.0. The third-order valence-corrected chi connectivity index (χ3v) is 4.76. The molecule has 0 spiro atoms. The number of nitrogens with one attached hydrogen (secondary N) is 3. The lowest BCUT2D eigenvalue weighted by atomic mass is 9.97. The highest BCUT2D eigenvalue weighted by atomic mass is 19.1. The van der Waals surface area contributed by atoms with Crippen LogP contribution in [0, 0.1) is 11.6 Å². The number of amides is 3. The van der Waals surface area contributed by atoms with Crippen LogP contribution >= 0.6 is 0 Å². The molecule has 7 nitrogen and oxygen atoms in total. The SMILES string of the molecule is O=C(C[C@H]1CC[C@@H](NC(=O)Nc2cc(F)ccc2F)[C@@H](CO)O1)Nc1ccccc1. The molecule has 1 aliphatic heterocycles. The highest BCUT2D eigenvalue weighted by Crippen LogP contribution is 2.23. The average molecular weight is 419 g/mol. The van der Waals surface area contributed by atoms with Gasteiger partial charge in [-0.15, -0.1) is 0 Å². The van der Waals surface area contributed by atoms with Crippen molar-refractivity contribution in [1.82, 2.24) is 5.32 Å². The molecule has 30 heavy (non-hydrogen) atoms. The summed E-state index contributed by atoms with van der Waals surface area (Å²) in [6.45, 7) is -0.365. The van der Waals surface area contributed by atoms with Crippen molar-refractivity contribution >= 4 is 23.3 Å². The minimum absolute atomic E-state index is 0.110. The van der Waals surface area contributed by atoms with Crippen molar-refractivity contribution < 1.29 is 28.2 Å². The Morgan fingerprint density at radius 3 is 2.57 bits per heavy atom. The fourth-order valence-electron chi connectivity index (χ4n) is 3.31. The van der Waals surface area contributed by atoms with Gasteiger partial charge in [-0.3, -0.25) is 4.79 Å². The number of hydrogen-bond acceptors (Lipinski definition) is 4. The molecule has 0 aromatic heterocycles. The fraction of sp³-hybridized carbons (Fsp3) is 0.333. The van der Waals surface area contributed by atoms with Crippen LogP contribution in [0.25, 0.3) is 0 Å². The van der Waals surface area contributed by atoms with E-state index < -0.39 is 35.9 Å². The Morgan fingerprint density at radius 2 is 1.83 bits per heavy atom. The highest BCUT2D eigenvalue weighted by molar-refractivity contribution is 5.91. The van der Waals surface area contributed by atoms with Crippen molar-refractivity contribution in [3.63, 3.8) is 0 Å². The standard InChI is InChI=1S/C21H23F2N3O4/c22-13-6-8-16(23)18(10-13)26-21(29)25-17-9-7-15(30-19(17)12-27)11-20(28)24-14-4-2-1-3-5-14/h1-6,8,10,15,17,19,27H,7,9,11-12H2,(H,24,28)(H2,25,26,29)/t15-,17-,19-/m1/s1. The van der Waals surface area contributed by atoms with Crippen LogP contribution in [0.4, 0.5) is 25.0 Å². The van der Waals surface area contributed by atoms with Crippen molar-refractivity contribution in [3.05, 3.63) is 60.2 Å². The molecule has 3 rings (SSSR count). The van der Waals surface area contributed by atoms with Gasteiger partial charge in [-0.25, -0.2) is 13.6 Å². The van der Waals surface area contributed by atoms with Crippen molar-refractivity contribution in [2.75, 3.05) is 17.2 Å². The number of halogens is 2. The number of rotatable bonds is 6. The molecule has 1 saturated heterocycles. The predicted molar refractivity (Wildman–Crippen MR) is 107 cm³/mol. The molecular formula is C21H23F2N3O4. The van der Waals surface area contributed by atoms with Crippen molar-refractivity contribution in [2.45, 2.75) is 37.5 Å². The Hall–Kier alpha value is -3.04. The van der Waals surface area contributed by atoms with E-state index in [0.29, 0.717) is 18.5 Å². The summed E-state index contributed by atoms with van der Waals surface area (Å²) < 4.78 is 32.7. The first-order valence-electron chi connectivity index (χ1n) is 9.58. The second kappa shape index (κ2) is 10.1. The lowest BCUT2D eigenvalue weighted by Crippen LogP contribution is -2.52. The van der Waals surface area contributed by atoms with Gasteiger partial charge in [0, 0.05) is 11.8 Å². The molecule has 1 fully saturated rings. The smallest absolute Gasteiger partial charge is 0.319 e. The van der Waals surface area contributed by atoms with Crippen LogP contribution in [0.1, 0.15) is 19.3 Å². The summed E-state index contributed by atoms with van der Waals surface area (Å²) in [5.74, 6) is -1.67. The summed E-state index contributed by atoms with van der Waals surface area (Å²) in [7, 11) is 0. The minimum atomic E-state index is -0.769. The second-order valence-corrected chi connectivity index (χ2v) is 7.00. The van der Waals surface area contributed by atoms with Gasteiger partial charge in [-0.05, 0) is 37.1 Å². The van der Waals surface area contributed by atoms with Crippen LogP contribution in [0.5, 0.6) is 0 Å². The molecule has 0 bridgehead atoms. The molecule has 0 radical (unpaired) electrons. The average Bonchev–Trinajstić information content (AvgIpc) is 2.72. The summed E-state index contributed by atoms with van der Waals surface area (Å²) >= 11 is 0. The Labute approximate surface area is 172 Å². The van der Waals surface area contributed by atoms with Gasteiger partial charge in [-0.1, -0.05) is 18.2 Å². The molecule has 4 N–H and O–H groups in total. The Kier molecular flexibility index (Phi) is 7.31. The van der Waals surface area contributed by atoms with E-state index in [1.54, 1.807) is 12.1 Å². The number of ether oxygens (including phenoxy) is 1. The molecule has 2 aromatic carbocycles. The Balaban J connectivity index is 1.50. The maximum Gasteiger partial charge on any atom is 0.319 e. The van der Waals surface area contributed by atoms with Gasteiger partial charge in [0.15, 0.2) is 0 Å². The number of urea groups is 1. The molecule has 0 aliphatic carbocycles. The maximum absolute atomic E-state index is 13.7. The van der Waals surface area contributed by atoms with Gasteiger partial charge in [0.1, 0.15) is 17.7 Å². The number of carbonyl (C=O) groups is 2. The van der Waals surface area contributed by atoms with E-state index in [9.17, 15) is 23.5 Å². The molecule has 1 heterocycles. The van der Waals surface area contributed by atoms with E-state index in [4.69, 9.17) is 4.74 Å². The number of aliphatic hydroxyl groups excluding tert-OH is 1. The summed E-state index contributed by atoms with van der Waals surface area (Å²) in [4.78, 5) is 24.4. The lowest BCUT2D eigenvalue weighted by Gasteiger charge is -2.35. The van der Waals surface area contributed by atoms with E-state index in [2.05, 4.69) is 16.0 Å². The zero-order valence-corrected chi connectivity index (χ0v) is 16.1. The quantitative estimate of drug-likeness (QED) is 0.578. The molecule has 1 aliphatic rings. The Bertz CT molecular complexity index is 882. The summed E-state index contributed by atoms with van der Waals surface area (Å²) in [5.41, 5.74) is 0.387. The molecule has 9 heteroatoms. The third kappa shape index (κ3) is 5.98.